The largest absolute Gasteiger partial charge is 0.417 e. The fourth-order valence-corrected chi connectivity index (χ4v) is 4.09. The second kappa shape index (κ2) is 7.13. The molecule has 4 nitrogen and oxygen atoms in total. The molecule has 1 unspecified atom stereocenters. The lowest BCUT2D eigenvalue weighted by Crippen LogP contribution is -2.47. The van der Waals surface area contributed by atoms with Crippen molar-refractivity contribution in [3.8, 4) is 0 Å². The average Bonchev–Trinajstić information content (AvgIpc) is 2.67. The summed E-state index contributed by atoms with van der Waals surface area (Å²) in [6.07, 6.45) is -2.12. The molecule has 4 rings (SSSR count). The van der Waals surface area contributed by atoms with E-state index in [0.717, 1.165) is 50.3 Å². The highest BCUT2D eigenvalue weighted by molar-refractivity contribution is 5.40. The molecule has 2 aromatic rings. The molecule has 1 N–H and O–H groups in total. The van der Waals surface area contributed by atoms with Crippen molar-refractivity contribution >= 4 is 5.82 Å². The monoisotopic (exact) mass is 377 g/mol. The lowest BCUT2D eigenvalue weighted by atomic mass is 9.94. The Hall–Kier alpha value is -2.12. The zero-order valence-electron chi connectivity index (χ0n) is 14.9. The number of hydrogen-bond acceptors (Lipinski definition) is 4. The van der Waals surface area contributed by atoms with Gasteiger partial charge >= 0.3 is 6.18 Å². The van der Waals surface area contributed by atoms with Gasteiger partial charge in [-0.05, 0) is 36.1 Å². The summed E-state index contributed by atoms with van der Waals surface area (Å²) in [6, 6.07) is 10.9. The van der Waals surface area contributed by atoms with Crippen LogP contribution in [0.2, 0.25) is 0 Å². The maximum atomic E-state index is 12.7. The first-order chi connectivity index (χ1) is 12.9. The van der Waals surface area contributed by atoms with Crippen LogP contribution in [-0.4, -0.2) is 40.7 Å². The Morgan fingerprint density at radius 2 is 1.78 bits per heavy atom. The number of alkyl halides is 3. The molecule has 1 fully saturated rings. The van der Waals surface area contributed by atoms with Crippen molar-refractivity contribution in [1.82, 2.24) is 9.88 Å². The second-order valence-corrected chi connectivity index (χ2v) is 7.27. The minimum atomic E-state index is -4.36. The minimum Gasteiger partial charge on any atom is -0.387 e. The third kappa shape index (κ3) is 3.80. The molecule has 2 aliphatic heterocycles. The highest BCUT2D eigenvalue weighted by Gasteiger charge is 2.32. The molecule has 0 spiro atoms. The quantitative estimate of drug-likeness (QED) is 0.868. The number of benzene rings is 1. The van der Waals surface area contributed by atoms with E-state index in [2.05, 4.69) is 16.0 Å². The van der Waals surface area contributed by atoms with Gasteiger partial charge in [-0.3, -0.25) is 4.90 Å². The van der Waals surface area contributed by atoms with Gasteiger partial charge < -0.3 is 10.0 Å². The van der Waals surface area contributed by atoms with Gasteiger partial charge in [0.05, 0.1) is 11.7 Å². The summed E-state index contributed by atoms with van der Waals surface area (Å²) >= 11 is 0. The van der Waals surface area contributed by atoms with Gasteiger partial charge in [-0.25, -0.2) is 4.98 Å². The molecule has 144 valence electrons. The maximum Gasteiger partial charge on any atom is 0.417 e. The number of β-amino-alcohol motifs (C(OH)–C–C–N with tert-alkyl or cyclic N) is 1. The summed E-state index contributed by atoms with van der Waals surface area (Å²) in [5.74, 6) is 0.588. The van der Waals surface area contributed by atoms with Gasteiger partial charge in [0.15, 0.2) is 0 Å². The number of anilines is 1. The highest BCUT2D eigenvalue weighted by atomic mass is 19.4. The molecule has 1 aromatic carbocycles. The molecule has 1 saturated heterocycles. The first kappa shape index (κ1) is 18.3. The zero-order chi connectivity index (χ0) is 19.0. The molecule has 0 radical (unpaired) electrons. The Balaban J connectivity index is 1.38. The van der Waals surface area contributed by atoms with Gasteiger partial charge in [-0.15, -0.1) is 0 Å². The van der Waals surface area contributed by atoms with Gasteiger partial charge in [0, 0.05) is 38.4 Å². The van der Waals surface area contributed by atoms with Crippen molar-refractivity contribution in [2.24, 2.45) is 0 Å². The van der Waals surface area contributed by atoms with Gasteiger partial charge in [0.1, 0.15) is 5.82 Å². The van der Waals surface area contributed by atoms with Crippen LogP contribution in [0.5, 0.6) is 0 Å². The summed E-state index contributed by atoms with van der Waals surface area (Å²) in [4.78, 5) is 8.36. The van der Waals surface area contributed by atoms with Crippen LogP contribution in [0.25, 0.3) is 0 Å². The first-order valence-corrected chi connectivity index (χ1v) is 9.20. The number of piperidine rings is 1. The third-order valence-electron chi connectivity index (χ3n) is 5.58. The van der Waals surface area contributed by atoms with Crippen LogP contribution in [-0.2, 0) is 12.7 Å². The van der Waals surface area contributed by atoms with E-state index < -0.39 is 17.8 Å². The van der Waals surface area contributed by atoms with Gasteiger partial charge in [-0.2, -0.15) is 13.2 Å². The molecule has 7 heteroatoms. The van der Waals surface area contributed by atoms with Crippen LogP contribution in [0.4, 0.5) is 19.0 Å². The van der Waals surface area contributed by atoms with E-state index >= 15 is 0 Å². The maximum absolute atomic E-state index is 12.7. The molecule has 1 atom stereocenters. The Morgan fingerprint density at radius 3 is 2.44 bits per heavy atom. The molecule has 0 aliphatic carbocycles. The number of halogens is 3. The molecule has 1 aromatic heterocycles. The Morgan fingerprint density at radius 1 is 1.04 bits per heavy atom. The smallest absolute Gasteiger partial charge is 0.387 e. The molecule has 27 heavy (non-hydrogen) atoms. The van der Waals surface area contributed by atoms with Crippen molar-refractivity contribution in [2.45, 2.75) is 37.7 Å². The molecule has 2 aliphatic rings. The first-order valence-electron chi connectivity index (χ1n) is 9.20. The summed E-state index contributed by atoms with van der Waals surface area (Å²) < 4.78 is 38.0. The molecule has 0 bridgehead atoms. The van der Waals surface area contributed by atoms with Crippen LogP contribution >= 0.6 is 0 Å². The van der Waals surface area contributed by atoms with Crippen LogP contribution in [0.15, 0.2) is 42.6 Å². The summed E-state index contributed by atoms with van der Waals surface area (Å²) in [7, 11) is 0. The van der Waals surface area contributed by atoms with Gasteiger partial charge in [0.25, 0.3) is 0 Å². The topological polar surface area (TPSA) is 39.6 Å². The normalized spacial score (nSPS) is 21.9. The van der Waals surface area contributed by atoms with E-state index in [1.807, 2.05) is 23.1 Å². The lowest BCUT2D eigenvalue weighted by Gasteiger charge is -2.42. The molecular formula is C20H22F3N3O. The third-order valence-corrected chi connectivity index (χ3v) is 5.58. The number of aliphatic hydroxyl groups is 1. The predicted molar refractivity (Wildman–Crippen MR) is 96.3 cm³/mol. The van der Waals surface area contributed by atoms with E-state index in [-0.39, 0.29) is 0 Å². The Kier molecular flexibility index (Phi) is 4.82. The number of fused-ring (bicyclic) bond motifs is 1. The molecule has 3 heterocycles. The van der Waals surface area contributed by atoms with Crippen LogP contribution in [0, 0.1) is 0 Å². The van der Waals surface area contributed by atoms with Crippen LogP contribution in [0.1, 0.15) is 35.6 Å². The standard InChI is InChI=1S/C20H22F3N3O/c21-20(22,23)15-5-6-19(24-11-15)25-9-7-16(8-10-25)26-12-14-3-1-2-4-17(14)18(27)13-26/h1-6,11,16,18,27H,7-10,12-13H2. The highest BCUT2D eigenvalue weighted by Crippen LogP contribution is 2.32. The number of pyridine rings is 1. The summed E-state index contributed by atoms with van der Waals surface area (Å²) in [5, 5.41) is 10.4. The Labute approximate surface area is 156 Å². The van der Waals surface area contributed by atoms with E-state index in [1.54, 1.807) is 0 Å². The number of nitrogens with zero attached hydrogens (tertiary/aromatic N) is 3. The SMILES string of the molecule is OC1CN(C2CCN(c3ccc(C(F)(F)F)cn3)CC2)Cc2ccccc21. The van der Waals surface area contributed by atoms with Gasteiger partial charge in [0.2, 0.25) is 0 Å². The fourth-order valence-electron chi connectivity index (χ4n) is 4.09. The lowest BCUT2D eigenvalue weighted by molar-refractivity contribution is -0.137. The van der Waals surface area contributed by atoms with Crippen molar-refractivity contribution in [2.75, 3.05) is 24.5 Å². The molecular weight excluding hydrogens is 355 g/mol. The number of aliphatic hydroxyl groups excluding tert-OH is 1. The number of hydrogen-bond donors (Lipinski definition) is 1. The average molecular weight is 377 g/mol. The van der Waals surface area contributed by atoms with E-state index in [1.165, 1.54) is 11.6 Å². The molecule has 0 amide bonds. The summed E-state index contributed by atoms with van der Waals surface area (Å²) in [5.41, 5.74) is 1.46. The van der Waals surface area contributed by atoms with Crippen molar-refractivity contribution in [1.29, 1.82) is 0 Å². The molecule has 0 saturated carbocycles. The van der Waals surface area contributed by atoms with E-state index in [0.29, 0.717) is 18.4 Å². The van der Waals surface area contributed by atoms with Crippen LogP contribution < -0.4 is 4.90 Å². The van der Waals surface area contributed by atoms with Crippen molar-refractivity contribution in [3.05, 3.63) is 59.3 Å². The Bertz CT molecular complexity index is 786. The fraction of sp³-hybridized carbons (Fsp3) is 0.450. The second-order valence-electron chi connectivity index (χ2n) is 7.27. The number of rotatable bonds is 2. The van der Waals surface area contributed by atoms with Crippen molar-refractivity contribution in [3.63, 3.8) is 0 Å². The van der Waals surface area contributed by atoms with Gasteiger partial charge in [-0.1, -0.05) is 24.3 Å². The zero-order valence-corrected chi connectivity index (χ0v) is 14.9. The predicted octanol–water partition coefficient (Wildman–Crippen LogP) is 3.62. The van der Waals surface area contributed by atoms with Crippen LogP contribution in [0.3, 0.4) is 0 Å². The minimum absolute atomic E-state index is 0.360. The van der Waals surface area contributed by atoms with E-state index in [4.69, 9.17) is 0 Å². The number of aromatic nitrogens is 1. The van der Waals surface area contributed by atoms with Crippen molar-refractivity contribution < 1.29 is 18.3 Å². The summed E-state index contributed by atoms with van der Waals surface area (Å²) in [6.45, 7) is 2.95. The van der Waals surface area contributed by atoms with E-state index in [9.17, 15) is 18.3 Å².